The van der Waals surface area contributed by atoms with Gasteiger partial charge in [0.05, 0.1) is 5.60 Å². The fraction of sp³-hybridized carbons (Fsp3) is 0.294. The SMILES string of the molecule is CC1(c2ccccc2)CCN(c2ccc(Cl)cc2)CO1. The first-order valence-electron chi connectivity index (χ1n) is 6.87. The van der Waals surface area contributed by atoms with Crippen LogP contribution >= 0.6 is 11.6 Å². The number of hydrogen-bond donors (Lipinski definition) is 0. The molecule has 1 atom stereocenters. The molecule has 0 N–H and O–H groups in total. The van der Waals surface area contributed by atoms with Gasteiger partial charge in [-0.1, -0.05) is 41.9 Å². The first-order valence-corrected chi connectivity index (χ1v) is 7.25. The topological polar surface area (TPSA) is 12.5 Å². The van der Waals surface area contributed by atoms with Crippen LogP contribution < -0.4 is 4.90 Å². The summed E-state index contributed by atoms with van der Waals surface area (Å²) in [5.41, 5.74) is 2.21. The summed E-state index contributed by atoms with van der Waals surface area (Å²) in [6, 6.07) is 18.4. The molecule has 0 aromatic heterocycles. The molecule has 104 valence electrons. The van der Waals surface area contributed by atoms with Crippen LogP contribution in [0.1, 0.15) is 18.9 Å². The quantitative estimate of drug-likeness (QED) is 0.810. The van der Waals surface area contributed by atoms with E-state index in [9.17, 15) is 0 Å². The van der Waals surface area contributed by atoms with Crippen molar-refractivity contribution in [2.75, 3.05) is 18.2 Å². The lowest BCUT2D eigenvalue weighted by Crippen LogP contribution is -2.43. The molecule has 0 amide bonds. The van der Waals surface area contributed by atoms with Crippen LogP contribution in [0.2, 0.25) is 5.02 Å². The minimum atomic E-state index is -0.190. The third-order valence-corrected chi connectivity index (χ3v) is 4.23. The minimum Gasteiger partial charge on any atom is -0.350 e. The first kappa shape index (κ1) is 13.5. The van der Waals surface area contributed by atoms with E-state index in [0.717, 1.165) is 23.7 Å². The summed E-state index contributed by atoms with van der Waals surface area (Å²) in [5.74, 6) is 0. The molecule has 1 unspecified atom stereocenters. The van der Waals surface area contributed by atoms with Gasteiger partial charge in [0, 0.05) is 17.3 Å². The summed E-state index contributed by atoms with van der Waals surface area (Å²) < 4.78 is 6.14. The second-order valence-electron chi connectivity index (χ2n) is 5.36. The number of ether oxygens (including phenoxy) is 1. The molecule has 2 aromatic carbocycles. The lowest BCUT2D eigenvalue weighted by atomic mass is 9.91. The van der Waals surface area contributed by atoms with Crippen LogP contribution in [0.3, 0.4) is 0 Å². The molecule has 1 heterocycles. The molecule has 0 radical (unpaired) electrons. The van der Waals surface area contributed by atoms with E-state index >= 15 is 0 Å². The van der Waals surface area contributed by atoms with Gasteiger partial charge in [0.25, 0.3) is 0 Å². The Bertz CT molecular complexity index is 559. The Morgan fingerprint density at radius 2 is 1.75 bits per heavy atom. The number of halogens is 1. The van der Waals surface area contributed by atoms with Crippen molar-refractivity contribution in [1.82, 2.24) is 0 Å². The molecule has 3 heteroatoms. The van der Waals surface area contributed by atoms with Crippen LogP contribution in [0.4, 0.5) is 5.69 Å². The molecule has 0 spiro atoms. The molecule has 3 rings (SSSR count). The Morgan fingerprint density at radius 1 is 1.05 bits per heavy atom. The van der Waals surface area contributed by atoms with Crippen molar-refractivity contribution in [2.24, 2.45) is 0 Å². The van der Waals surface area contributed by atoms with Crippen LogP contribution in [0.5, 0.6) is 0 Å². The van der Waals surface area contributed by atoms with Gasteiger partial charge < -0.3 is 9.64 Å². The highest BCUT2D eigenvalue weighted by molar-refractivity contribution is 6.30. The van der Waals surface area contributed by atoms with Crippen LogP contribution in [0.25, 0.3) is 0 Å². The molecule has 1 fully saturated rings. The highest BCUT2D eigenvalue weighted by Gasteiger charge is 2.32. The van der Waals surface area contributed by atoms with Crippen molar-refractivity contribution in [3.8, 4) is 0 Å². The predicted octanol–water partition coefficient (Wildman–Crippen LogP) is 4.44. The first-order chi connectivity index (χ1) is 9.67. The molecular weight excluding hydrogens is 270 g/mol. The van der Waals surface area contributed by atoms with Crippen molar-refractivity contribution < 1.29 is 4.74 Å². The molecule has 1 aliphatic heterocycles. The third kappa shape index (κ3) is 2.67. The van der Waals surface area contributed by atoms with Crippen LogP contribution in [0, 0.1) is 0 Å². The zero-order valence-corrected chi connectivity index (χ0v) is 12.3. The summed E-state index contributed by atoms with van der Waals surface area (Å²) in [5, 5.41) is 0.765. The third-order valence-electron chi connectivity index (χ3n) is 3.97. The monoisotopic (exact) mass is 287 g/mol. The zero-order chi connectivity index (χ0) is 14.0. The summed E-state index contributed by atoms with van der Waals surface area (Å²) >= 11 is 5.93. The summed E-state index contributed by atoms with van der Waals surface area (Å²) in [6.45, 7) is 3.75. The van der Waals surface area contributed by atoms with Crippen LogP contribution in [-0.2, 0) is 10.3 Å². The average Bonchev–Trinajstić information content (AvgIpc) is 2.50. The highest BCUT2D eigenvalue weighted by Crippen LogP contribution is 2.34. The Kier molecular flexibility index (Phi) is 3.68. The van der Waals surface area contributed by atoms with Gasteiger partial charge >= 0.3 is 0 Å². The predicted molar refractivity (Wildman–Crippen MR) is 83.2 cm³/mol. The van der Waals surface area contributed by atoms with Crippen LogP contribution in [-0.4, -0.2) is 13.3 Å². The number of benzene rings is 2. The van der Waals surface area contributed by atoms with Gasteiger partial charge in [0.1, 0.15) is 6.73 Å². The zero-order valence-electron chi connectivity index (χ0n) is 11.6. The van der Waals surface area contributed by atoms with E-state index in [0.29, 0.717) is 6.73 Å². The summed E-state index contributed by atoms with van der Waals surface area (Å²) in [4.78, 5) is 2.24. The molecule has 0 saturated carbocycles. The van der Waals surface area contributed by atoms with Gasteiger partial charge in [0.2, 0.25) is 0 Å². The van der Waals surface area contributed by atoms with E-state index < -0.39 is 0 Å². The van der Waals surface area contributed by atoms with E-state index in [1.54, 1.807) is 0 Å². The fourth-order valence-corrected chi connectivity index (χ4v) is 2.71. The maximum atomic E-state index is 6.14. The highest BCUT2D eigenvalue weighted by atomic mass is 35.5. The molecule has 0 aliphatic carbocycles. The van der Waals surface area contributed by atoms with Crippen LogP contribution in [0.15, 0.2) is 54.6 Å². The van der Waals surface area contributed by atoms with E-state index in [-0.39, 0.29) is 5.60 Å². The van der Waals surface area contributed by atoms with E-state index in [1.807, 2.05) is 30.3 Å². The Balaban J connectivity index is 1.72. The Hall–Kier alpha value is -1.51. The molecule has 2 aromatic rings. The Labute approximate surface area is 124 Å². The average molecular weight is 288 g/mol. The molecular formula is C17H18ClNO. The smallest absolute Gasteiger partial charge is 0.120 e. The molecule has 1 aliphatic rings. The standard InChI is InChI=1S/C17H18ClNO/c1-17(14-5-3-2-4-6-14)11-12-19(13-20-17)16-9-7-15(18)8-10-16/h2-10H,11-13H2,1H3. The summed E-state index contributed by atoms with van der Waals surface area (Å²) in [6.07, 6.45) is 0.972. The number of anilines is 1. The largest absolute Gasteiger partial charge is 0.350 e. The van der Waals surface area contributed by atoms with E-state index in [2.05, 4.69) is 36.1 Å². The maximum absolute atomic E-state index is 6.14. The normalized spacial score (nSPS) is 22.8. The fourth-order valence-electron chi connectivity index (χ4n) is 2.58. The van der Waals surface area contributed by atoms with Crippen molar-refractivity contribution in [1.29, 1.82) is 0 Å². The van der Waals surface area contributed by atoms with E-state index in [4.69, 9.17) is 16.3 Å². The van der Waals surface area contributed by atoms with E-state index in [1.165, 1.54) is 5.56 Å². The van der Waals surface area contributed by atoms with Crippen molar-refractivity contribution >= 4 is 17.3 Å². The van der Waals surface area contributed by atoms with Gasteiger partial charge in [-0.05, 0) is 43.2 Å². The van der Waals surface area contributed by atoms with Crippen molar-refractivity contribution in [2.45, 2.75) is 18.9 Å². The Morgan fingerprint density at radius 3 is 2.35 bits per heavy atom. The van der Waals surface area contributed by atoms with Gasteiger partial charge in [-0.15, -0.1) is 0 Å². The molecule has 2 nitrogen and oxygen atoms in total. The lowest BCUT2D eigenvalue weighted by Gasteiger charge is -2.40. The maximum Gasteiger partial charge on any atom is 0.120 e. The second kappa shape index (κ2) is 5.47. The number of rotatable bonds is 2. The van der Waals surface area contributed by atoms with Gasteiger partial charge in [-0.2, -0.15) is 0 Å². The summed E-state index contributed by atoms with van der Waals surface area (Å²) in [7, 11) is 0. The lowest BCUT2D eigenvalue weighted by molar-refractivity contribution is -0.0620. The minimum absolute atomic E-state index is 0.190. The van der Waals surface area contributed by atoms with Gasteiger partial charge in [-0.25, -0.2) is 0 Å². The molecule has 20 heavy (non-hydrogen) atoms. The molecule has 1 saturated heterocycles. The second-order valence-corrected chi connectivity index (χ2v) is 5.80. The van der Waals surface area contributed by atoms with Gasteiger partial charge in [-0.3, -0.25) is 0 Å². The van der Waals surface area contributed by atoms with Gasteiger partial charge in [0.15, 0.2) is 0 Å². The van der Waals surface area contributed by atoms with Crippen molar-refractivity contribution in [3.63, 3.8) is 0 Å². The molecule has 0 bridgehead atoms. The number of nitrogens with zero attached hydrogens (tertiary/aromatic N) is 1. The number of hydrogen-bond acceptors (Lipinski definition) is 2. The van der Waals surface area contributed by atoms with Crippen molar-refractivity contribution in [3.05, 3.63) is 65.2 Å².